The Morgan fingerprint density at radius 1 is 1.00 bits per heavy atom. The number of thioether (sulfide) groups is 1. The summed E-state index contributed by atoms with van der Waals surface area (Å²) in [6.45, 7) is 1.98. The van der Waals surface area contributed by atoms with Crippen LogP contribution in [-0.4, -0.2) is 20.1 Å². The number of nitrogens with zero attached hydrogens (tertiary/aromatic N) is 4. The smallest absolute Gasteiger partial charge is 0.258 e. The Bertz CT molecular complexity index is 1130. The normalized spacial score (nSPS) is 10.8. The van der Waals surface area contributed by atoms with E-state index in [2.05, 4.69) is 15.2 Å². The third kappa shape index (κ3) is 4.49. The minimum Gasteiger partial charge on any atom is -0.258 e. The highest BCUT2D eigenvalue weighted by molar-refractivity contribution is 7.98. The minimum absolute atomic E-state index is 0.0951. The summed E-state index contributed by atoms with van der Waals surface area (Å²) in [6.07, 6.45) is 0. The van der Waals surface area contributed by atoms with E-state index in [0.717, 1.165) is 37.4 Å². The van der Waals surface area contributed by atoms with E-state index in [1.54, 1.807) is 35.2 Å². The van der Waals surface area contributed by atoms with Gasteiger partial charge in [0.2, 0.25) is 0 Å². The summed E-state index contributed by atoms with van der Waals surface area (Å²) < 4.78 is 0. The Morgan fingerprint density at radius 2 is 1.76 bits per heavy atom. The summed E-state index contributed by atoms with van der Waals surface area (Å²) in [7, 11) is 0. The second kappa shape index (κ2) is 8.50. The number of thiazole rings is 1. The van der Waals surface area contributed by atoms with Crippen molar-refractivity contribution in [3.8, 4) is 21.1 Å². The van der Waals surface area contributed by atoms with Gasteiger partial charge in [-0.15, -0.1) is 21.5 Å². The molecule has 0 N–H and O–H groups in total. The van der Waals surface area contributed by atoms with Crippen LogP contribution in [0.4, 0.5) is 5.69 Å². The summed E-state index contributed by atoms with van der Waals surface area (Å²) in [6, 6.07) is 20.5. The van der Waals surface area contributed by atoms with Crippen molar-refractivity contribution in [2.75, 3.05) is 0 Å². The van der Waals surface area contributed by atoms with Gasteiger partial charge in [-0.2, -0.15) is 0 Å². The number of non-ortho nitro benzene ring substituents is 1. The number of hydrogen-bond acceptors (Lipinski definition) is 7. The van der Waals surface area contributed by atoms with Crippen LogP contribution >= 0.6 is 23.1 Å². The Hall–Kier alpha value is -3.10. The van der Waals surface area contributed by atoms with Gasteiger partial charge in [-0.3, -0.25) is 10.1 Å². The molecule has 0 radical (unpaired) electrons. The third-order valence-corrected chi connectivity index (χ3v) is 6.44. The molecule has 0 bridgehead atoms. The van der Waals surface area contributed by atoms with E-state index < -0.39 is 4.92 Å². The van der Waals surface area contributed by atoms with Gasteiger partial charge in [-0.1, -0.05) is 54.2 Å². The van der Waals surface area contributed by atoms with Crippen molar-refractivity contribution >= 4 is 28.8 Å². The van der Waals surface area contributed by atoms with Crippen LogP contribution < -0.4 is 0 Å². The lowest BCUT2D eigenvalue weighted by Crippen LogP contribution is -1.91. The number of hydrogen-bond donors (Lipinski definition) is 0. The fourth-order valence-corrected chi connectivity index (χ4v) is 4.53. The monoisotopic (exact) mass is 420 g/mol. The van der Waals surface area contributed by atoms with Crippen LogP contribution in [0.5, 0.6) is 0 Å². The van der Waals surface area contributed by atoms with E-state index in [0.29, 0.717) is 5.75 Å². The van der Waals surface area contributed by atoms with Gasteiger partial charge in [0.15, 0.2) is 0 Å². The zero-order chi connectivity index (χ0) is 20.2. The molecule has 0 saturated heterocycles. The second-order valence-corrected chi connectivity index (χ2v) is 8.26. The largest absolute Gasteiger partial charge is 0.269 e. The maximum absolute atomic E-state index is 10.7. The van der Waals surface area contributed by atoms with E-state index in [-0.39, 0.29) is 5.69 Å². The van der Waals surface area contributed by atoms with Crippen molar-refractivity contribution in [1.29, 1.82) is 0 Å². The molecule has 0 aliphatic rings. The van der Waals surface area contributed by atoms with Crippen molar-refractivity contribution < 1.29 is 4.92 Å². The minimum atomic E-state index is -0.397. The molecule has 4 rings (SSSR count). The first-order valence-electron chi connectivity index (χ1n) is 8.83. The first-order chi connectivity index (χ1) is 14.1. The highest BCUT2D eigenvalue weighted by atomic mass is 32.2. The lowest BCUT2D eigenvalue weighted by Gasteiger charge is -2.02. The molecule has 144 valence electrons. The predicted octanol–water partition coefficient (Wildman–Crippen LogP) is 5.78. The molecule has 8 heteroatoms. The number of aryl methyl sites for hydroxylation is 1. The molecular weight excluding hydrogens is 404 g/mol. The summed E-state index contributed by atoms with van der Waals surface area (Å²) >= 11 is 3.15. The maximum Gasteiger partial charge on any atom is 0.269 e. The highest BCUT2D eigenvalue weighted by Gasteiger charge is 2.13. The van der Waals surface area contributed by atoms with Crippen LogP contribution in [0.15, 0.2) is 71.8 Å². The lowest BCUT2D eigenvalue weighted by molar-refractivity contribution is -0.384. The van der Waals surface area contributed by atoms with Gasteiger partial charge >= 0.3 is 0 Å². The van der Waals surface area contributed by atoms with E-state index >= 15 is 0 Å². The van der Waals surface area contributed by atoms with Crippen molar-refractivity contribution in [2.24, 2.45) is 0 Å². The Labute approximate surface area is 175 Å². The molecule has 4 aromatic rings. The van der Waals surface area contributed by atoms with Gasteiger partial charge in [0.1, 0.15) is 15.7 Å². The molecule has 2 aromatic heterocycles. The van der Waals surface area contributed by atoms with Crippen LogP contribution in [-0.2, 0) is 5.75 Å². The van der Waals surface area contributed by atoms with Crippen molar-refractivity contribution in [2.45, 2.75) is 17.7 Å². The van der Waals surface area contributed by atoms with Gasteiger partial charge in [-0.25, -0.2) is 4.98 Å². The van der Waals surface area contributed by atoms with E-state index in [9.17, 15) is 10.1 Å². The zero-order valence-corrected chi connectivity index (χ0v) is 17.1. The quantitative estimate of drug-likeness (QED) is 0.223. The summed E-state index contributed by atoms with van der Waals surface area (Å²) in [5.74, 6) is 0.670. The topological polar surface area (TPSA) is 81.8 Å². The first-order valence-corrected chi connectivity index (χ1v) is 10.6. The van der Waals surface area contributed by atoms with E-state index in [4.69, 9.17) is 0 Å². The van der Waals surface area contributed by atoms with Crippen molar-refractivity contribution in [1.82, 2.24) is 15.2 Å². The molecule has 2 heterocycles. The molecule has 2 aromatic carbocycles. The van der Waals surface area contributed by atoms with Crippen LogP contribution in [0.3, 0.4) is 0 Å². The lowest BCUT2D eigenvalue weighted by atomic mass is 10.2. The highest BCUT2D eigenvalue weighted by Crippen LogP contribution is 2.34. The predicted molar refractivity (Wildman–Crippen MR) is 116 cm³/mol. The Kier molecular flexibility index (Phi) is 5.64. The third-order valence-electron chi connectivity index (χ3n) is 4.22. The molecule has 0 unspecified atom stereocenters. The van der Waals surface area contributed by atoms with Gasteiger partial charge < -0.3 is 0 Å². The molecule has 0 aliphatic carbocycles. The molecule has 0 fully saturated rings. The molecule has 0 spiro atoms. The number of nitro benzene ring substituents is 1. The molecule has 6 nitrogen and oxygen atoms in total. The SMILES string of the molecule is Cc1nc(-c2ccccc2)sc1-c1ccc(SCc2ccc([N+](=O)[O-])cc2)nn1. The van der Waals surface area contributed by atoms with Crippen LogP contribution in [0.2, 0.25) is 0 Å². The zero-order valence-electron chi connectivity index (χ0n) is 15.5. The number of nitro groups is 1. The maximum atomic E-state index is 10.7. The Morgan fingerprint density at radius 3 is 2.41 bits per heavy atom. The second-order valence-electron chi connectivity index (χ2n) is 6.27. The average molecular weight is 421 g/mol. The van der Waals surface area contributed by atoms with Gasteiger partial charge in [-0.05, 0) is 24.6 Å². The van der Waals surface area contributed by atoms with Gasteiger partial charge in [0.25, 0.3) is 5.69 Å². The van der Waals surface area contributed by atoms with Crippen molar-refractivity contribution in [3.63, 3.8) is 0 Å². The van der Waals surface area contributed by atoms with Crippen LogP contribution in [0.1, 0.15) is 11.3 Å². The van der Waals surface area contributed by atoms with Crippen LogP contribution in [0.25, 0.3) is 21.1 Å². The van der Waals surface area contributed by atoms with Crippen molar-refractivity contribution in [3.05, 3.63) is 88.1 Å². The average Bonchev–Trinajstić information content (AvgIpc) is 3.15. The summed E-state index contributed by atoms with van der Waals surface area (Å²) in [5, 5.41) is 21.2. The van der Waals surface area contributed by atoms with Crippen LogP contribution in [0, 0.1) is 17.0 Å². The molecule has 0 amide bonds. The summed E-state index contributed by atoms with van der Waals surface area (Å²) in [4.78, 5) is 16.0. The molecule has 0 atom stereocenters. The molecular formula is C21H16N4O2S2. The fourth-order valence-electron chi connectivity index (χ4n) is 2.73. The first kappa shape index (κ1) is 19.2. The molecule has 0 aliphatic heterocycles. The van der Waals surface area contributed by atoms with E-state index in [1.807, 2.05) is 49.4 Å². The molecule has 0 saturated carbocycles. The Balaban J connectivity index is 1.45. The summed E-state index contributed by atoms with van der Waals surface area (Å²) in [5.41, 5.74) is 3.93. The number of rotatable bonds is 6. The van der Waals surface area contributed by atoms with E-state index in [1.165, 1.54) is 12.1 Å². The van der Waals surface area contributed by atoms with Gasteiger partial charge in [0, 0.05) is 23.4 Å². The number of benzene rings is 2. The standard InChI is InChI=1S/C21H16N4O2S2/c1-14-20(29-21(22-14)16-5-3-2-4-6-16)18-11-12-19(24-23-18)28-13-15-7-9-17(10-8-15)25(26)27/h2-12H,13H2,1H3. The fraction of sp³-hybridized carbons (Fsp3) is 0.0952. The number of aromatic nitrogens is 3. The molecule has 29 heavy (non-hydrogen) atoms. The van der Waals surface area contributed by atoms with Gasteiger partial charge in [0.05, 0.1) is 15.5 Å².